The summed E-state index contributed by atoms with van der Waals surface area (Å²) in [6, 6.07) is 17.1. The number of nitrogens with one attached hydrogen (secondary N) is 3. The van der Waals surface area contributed by atoms with Crippen molar-refractivity contribution in [1.29, 1.82) is 0 Å². The lowest BCUT2D eigenvalue weighted by molar-refractivity contribution is -0.143. The highest BCUT2D eigenvalue weighted by atomic mass is 16.4. The fourth-order valence-corrected chi connectivity index (χ4v) is 5.17. The second-order valence-electron chi connectivity index (χ2n) is 11.8. The monoisotopic (exact) mass is 659 g/mol. The molecule has 0 bridgehead atoms. The number of amides is 5. The van der Waals surface area contributed by atoms with Crippen LogP contribution in [0.15, 0.2) is 78.9 Å². The van der Waals surface area contributed by atoms with E-state index in [2.05, 4.69) is 16.0 Å². The predicted molar refractivity (Wildman–Crippen MR) is 179 cm³/mol. The molecule has 13 heteroatoms. The molecule has 7 N–H and O–H groups in total. The van der Waals surface area contributed by atoms with Gasteiger partial charge in [-0.15, -0.1) is 0 Å². The van der Waals surface area contributed by atoms with E-state index in [4.69, 9.17) is 5.73 Å². The molecule has 254 valence electrons. The first kappa shape index (κ1) is 36.7. The van der Waals surface area contributed by atoms with Crippen molar-refractivity contribution in [3.63, 3.8) is 0 Å². The first-order chi connectivity index (χ1) is 22.7. The lowest BCUT2D eigenvalue weighted by Crippen LogP contribution is -2.58. The summed E-state index contributed by atoms with van der Waals surface area (Å²) in [7, 11) is 0. The summed E-state index contributed by atoms with van der Waals surface area (Å²) in [5.74, 6) is -5.15. The minimum atomic E-state index is -1.66. The third-order valence-corrected chi connectivity index (χ3v) is 7.43. The van der Waals surface area contributed by atoms with Gasteiger partial charge >= 0.3 is 18.0 Å². The molecule has 0 radical (unpaired) electrons. The van der Waals surface area contributed by atoms with Crippen LogP contribution in [0, 0.1) is 12.8 Å². The van der Waals surface area contributed by atoms with Gasteiger partial charge in [0.15, 0.2) is 0 Å². The number of carboxylic acids is 2. The summed E-state index contributed by atoms with van der Waals surface area (Å²) >= 11 is 0. The normalized spacial score (nSPS) is 12.7. The predicted octanol–water partition coefficient (Wildman–Crippen LogP) is 3.25. The molecule has 0 fully saturated rings. The van der Waals surface area contributed by atoms with Gasteiger partial charge in [0.05, 0.1) is 12.8 Å². The summed E-state index contributed by atoms with van der Waals surface area (Å²) in [6.45, 7) is 5.37. The van der Waals surface area contributed by atoms with Gasteiger partial charge in [0.1, 0.15) is 18.1 Å². The number of anilines is 2. The van der Waals surface area contributed by atoms with Crippen LogP contribution < -0.4 is 26.6 Å². The third-order valence-electron chi connectivity index (χ3n) is 7.43. The molecule has 0 aliphatic heterocycles. The van der Waals surface area contributed by atoms with Crippen LogP contribution in [-0.4, -0.2) is 64.0 Å². The molecule has 3 aromatic rings. The maximum atomic E-state index is 14.1. The van der Waals surface area contributed by atoms with Crippen LogP contribution >= 0.6 is 0 Å². The molecule has 3 atom stereocenters. The van der Waals surface area contributed by atoms with E-state index >= 15 is 0 Å². The Morgan fingerprint density at radius 2 is 1.38 bits per heavy atom. The van der Waals surface area contributed by atoms with Crippen LogP contribution in [0.2, 0.25) is 0 Å². The van der Waals surface area contributed by atoms with Crippen LogP contribution in [0.1, 0.15) is 43.4 Å². The van der Waals surface area contributed by atoms with Crippen molar-refractivity contribution in [1.82, 2.24) is 10.6 Å². The number of nitrogens with two attached hydrogens (primary N) is 1. The summed E-state index contributed by atoms with van der Waals surface area (Å²) < 4.78 is 0. The molecule has 0 spiro atoms. The lowest BCUT2D eigenvalue weighted by atomic mass is 9.98. The highest BCUT2D eigenvalue weighted by molar-refractivity contribution is 6.03. The van der Waals surface area contributed by atoms with E-state index in [1.54, 1.807) is 85.8 Å². The molecule has 0 aliphatic carbocycles. The molecular formula is C35H41N5O8. The summed E-state index contributed by atoms with van der Waals surface area (Å²) in [4.78, 5) is 78.1. The number of benzene rings is 3. The van der Waals surface area contributed by atoms with Gasteiger partial charge in [-0.3, -0.25) is 24.1 Å². The number of hydrogen-bond donors (Lipinski definition) is 6. The number of carbonyl (C=O) groups excluding carboxylic acids is 4. The second kappa shape index (κ2) is 17.3. The largest absolute Gasteiger partial charge is 0.481 e. The number of hydrogen-bond acceptors (Lipinski definition) is 6. The zero-order chi connectivity index (χ0) is 35.4. The first-order valence-electron chi connectivity index (χ1n) is 15.4. The Morgan fingerprint density at radius 1 is 0.792 bits per heavy atom. The van der Waals surface area contributed by atoms with Crippen LogP contribution in [-0.2, 0) is 36.8 Å². The van der Waals surface area contributed by atoms with Crippen LogP contribution in [0.5, 0.6) is 0 Å². The van der Waals surface area contributed by atoms with Gasteiger partial charge in [-0.25, -0.2) is 9.59 Å². The molecule has 0 heterocycles. The Bertz CT molecular complexity index is 1610. The molecule has 48 heavy (non-hydrogen) atoms. The number of aryl methyl sites for hydroxylation is 1. The maximum absolute atomic E-state index is 14.1. The van der Waals surface area contributed by atoms with Gasteiger partial charge in [-0.2, -0.15) is 0 Å². The van der Waals surface area contributed by atoms with E-state index in [-0.39, 0.29) is 25.2 Å². The second-order valence-corrected chi connectivity index (χ2v) is 11.8. The first-order valence-corrected chi connectivity index (χ1v) is 15.4. The highest BCUT2D eigenvalue weighted by Crippen LogP contribution is 2.28. The summed E-state index contributed by atoms with van der Waals surface area (Å²) in [6.07, 6.45) is -0.872. The highest BCUT2D eigenvalue weighted by Gasteiger charge is 2.36. The van der Waals surface area contributed by atoms with Crippen LogP contribution in [0.4, 0.5) is 16.2 Å². The number of carbonyl (C=O) groups is 6. The van der Waals surface area contributed by atoms with Gasteiger partial charge in [-0.1, -0.05) is 74.5 Å². The molecule has 0 saturated heterocycles. The van der Waals surface area contributed by atoms with Crippen molar-refractivity contribution >= 4 is 47.1 Å². The van der Waals surface area contributed by atoms with E-state index in [9.17, 15) is 39.0 Å². The van der Waals surface area contributed by atoms with Gasteiger partial charge < -0.3 is 31.9 Å². The Balaban J connectivity index is 1.99. The van der Waals surface area contributed by atoms with Gasteiger partial charge in [0.2, 0.25) is 17.7 Å². The molecule has 13 nitrogen and oxygen atoms in total. The van der Waals surface area contributed by atoms with Crippen LogP contribution in [0.3, 0.4) is 0 Å². The third kappa shape index (κ3) is 11.0. The van der Waals surface area contributed by atoms with E-state index in [1.807, 2.05) is 13.8 Å². The summed E-state index contributed by atoms with van der Waals surface area (Å²) in [5.41, 5.74) is 7.85. The number of nitrogens with zero attached hydrogens (tertiary/aromatic N) is 1. The van der Waals surface area contributed by atoms with E-state index in [0.29, 0.717) is 28.1 Å². The zero-order valence-corrected chi connectivity index (χ0v) is 27.0. The minimum absolute atomic E-state index is 0.0760. The summed E-state index contributed by atoms with van der Waals surface area (Å²) in [5, 5.41) is 26.8. The van der Waals surface area contributed by atoms with Crippen molar-refractivity contribution in [3.8, 4) is 0 Å². The topological polar surface area (TPSA) is 208 Å². The Hall–Kier alpha value is -5.72. The standard InChI is InChI=1S/C35H41N5O8/c1-21(2)16-29(33(45)37-27(20-31(42)43)32(44)38-28(34(46)47)18-23-10-6-4-7-11-23)40(30(41)19-24-12-8-5-9-13-24)25-14-15-26(22(3)17-25)39-35(36)48/h4-15,17,21,27-29H,16,18-20H2,1-3H3,(H,37,45)(H,38,44)(H,42,43)(H,46,47)(H3,36,39,48)/t27-,28-,29-/m0/s1. The Morgan fingerprint density at radius 3 is 1.90 bits per heavy atom. The van der Waals surface area contributed by atoms with E-state index in [0.717, 1.165) is 0 Å². The Kier molecular flexibility index (Phi) is 13.2. The van der Waals surface area contributed by atoms with Crippen molar-refractivity contribution in [2.24, 2.45) is 11.7 Å². The number of urea groups is 1. The quantitative estimate of drug-likeness (QED) is 0.134. The molecule has 5 amide bonds. The van der Waals surface area contributed by atoms with Crippen molar-refractivity contribution in [2.45, 2.75) is 64.6 Å². The molecule has 0 aromatic heterocycles. The lowest BCUT2D eigenvalue weighted by Gasteiger charge is -2.34. The van der Waals surface area contributed by atoms with E-state index in [1.165, 1.54) is 4.90 Å². The molecule has 0 saturated carbocycles. The zero-order valence-electron chi connectivity index (χ0n) is 27.0. The minimum Gasteiger partial charge on any atom is -0.481 e. The van der Waals surface area contributed by atoms with Gasteiger partial charge in [-0.05, 0) is 54.2 Å². The number of primary amides is 1. The smallest absolute Gasteiger partial charge is 0.326 e. The number of rotatable bonds is 16. The average molecular weight is 660 g/mol. The fraction of sp³-hybridized carbons (Fsp3) is 0.314. The van der Waals surface area contributed by atoms with Crippen molar-refractivity contribution in [3.05, 3.63) is 95.6 Å². The van der Waals surface area contributed by atoms with Gasteiger partial charge in [0.25, 0.3) is 0 Å². The van der Waals surface area contributed by atoms with Crippen molar-refractivity contribution < 1.29 is 39.0 Å². The van der Waals surface area contributed by atoms with Crippen LogP contribution in [0.25, 0.3) is 0 Å². The average Bonchev–Trinajstić information content (AvgIpc) is 3.01. The molecule has 0 unspecified atom stereocenters. The fourth-order valence-electron chi connectivity index (χ4n) is 5.17. The van der Waals surface area contributed by atoms with Gasteiger partial charge in [0, 0.05) is 17.8 Å². The van der Waals surface area contributed by atoms with Crippen molar-refractivity contribution in [2.75, 3.05) is 10.2 Å². The molecule has 3 rings (SSSR count). The molecule has 0 aliphatic rings. The number of aliphatic carboxylic acids is 2. The Labute approximate surface area is 278 Å². The maximum Gasteiger partial charge on any atom is 0.326 e. The molecule has 3 aromatic carbocycles. The molecular weight excluding hydrogens is 618 g/mol. The SMILES string of the molecule is Cc1cc(N(C(=O)Cc2ccccc2)[C@@H](CC(C)C)C(=O)N[C@@H](CC(=O)O)C(=O)N[C@@H](Cc2ccccc2)C(=O)O)ccc1NC(N)=O. The number of carboxylic acid groups (broad SMARTS) is 2. The van der Waals surface area contributed by atoms with E-state index < -0.39 is 60.2 Å².